The number of rotatable bonds is 5. The summed E-state index contributed by atoms with van der Waals surface area (Å²) in [7, 11) is 0. The highest BCUT2D eigenvalue weighted by Gasteiger charge is 2.35. The molecule has 2 atom stereocenters. The normalized spacial score (nSPS) is 15.3. The molecule has 5 nitrogen and oxygen atoms in total. The van der Waals surface area contributed by atoms with Crippen LogP contribution >= 0.6 is 0 Å². The van der Waals surface area contributed by atoms with Gasteiger partial charge in [-0.15, -0.1) is 4.72 Å². The molecule has 0 saturated heterocycles. The van der Waals surface area contributed by atoms with Gasteiger partial charge in [-0.05, 0) is 32.4 Å². The van der Waals surface area contributed by atoms with Crippen molar-refractivity contribution in [3.63, 3.8) is 0 Å². The summed E-state index contributed by atoms with van der Waals surface area (Å²) in [6.07, 6.45) is -4.81. The first-order valence-corrected chi connectivity index (χ1v) is 7.62. The molecule has 2 unspecified atom stereocenters. The largest absolute Gasteiger partial charge is 0.598 e. The summed E-state index contributed by atoms with van der Waals surface area (Å²) in [4.78, 5) is 9.80. The van der Waals surface area contributed by atoms with Crippen molar-refractivity contribution in [1.82, 2.24) is 4.72 Å². The van der Waals surface area contributed by atoms with Gasteiger partial charge in [-0.25, -0.2) is 4.39 Å². The fourth-order valence-corrected chi connectivity index (χ4v) is 2.41. The summed E-state index contributed by atoms with van der Waals surface area (Å²) in [6.45, 7) is 3.63. The average molecular weight is 356 g/mol. The van der Waals surface area contributed by atoms with Crippen LogP contribution in [0.3, 0.4) is 0 Å². The third-order valence-corrected chi connectivity index (χ3v) is 4.45. The van der Waals surface area contributed by atoms with Crippen molar-refractivity contribution >= 4 is 17.0 Å². The standard InChI is InChI=1S/C13H16F4N2O3S/c1-12(2,3)23(22)18-11(7-14)8-4-9(13(15,16)17)6-10(5-8)19(20)21/h4-6,11,18H,7H2,1-3H3. The molecular weight excluding hydrogens is 340 g/mol. The summed E-state index contributed by atoms with van der Waals surface area (Å²) < 4.78 is 65.3. The molecule has 0 aromatic heterocycles. The maximum absolute atomic E-state index is 13.2. The Kier molecular flexibility index (Phi) is 6.00. The van der Waals surface area contributed by atoms with Crippen LogP contribution in [0.1, 0.15) is 37.9 Å². The number of hydrogen-bond donors (Lipinski definition) is 1. The van der Waals surface area contributed by atoms with E-state index in [1.807, 2.05) is 0 Å². The summed E-state index contributed by atoms with van der Waals surface area (Å²) in [6, 6.07) is 0.478. The molecule has 23 heavy (non-hydrogen) atoms. The molecule has 0 radical (unpaired) electrons. The van der Waals surface area contributed by atoms with Crippen molar-refractivity contribution in [3.05, 3.63) is 39.4 Å². The molecule has 0 bridgehead atoms. The number of nitrogens with zero attached hydrogens (tertiary/aromatic N) is 1. The monoisotopic (exact) mass is 356 g/mol. The SMILES string of the molecule is CC(C)(C)[S+]([O-])NC(CF)c1cc([N+](=O)[O-])cc(C(F)(F)F)c1. The molecule has 0 fully saturated rings. The van der Waals surface area contributed by atoms with E-state index in [2.05, 4.69) is 4.72 Å². The van der Waals surface area contributed by atoms with E-state index in [1.54, 1.807) is 20.8 Å². The Bertz CT molecular complexity index is 575. The highest BCUT2D eigenvalue weighted by Crippen LogP contribution is 2.34. The van der Waals surface area contributed by atoms with E-state index in [4.69, 9.17) is 0 Å². The highest BCUT2D eigenvalue weighted by molar-refractivity contribution is 7.90. The Hall–Kier alpha value is -1.39. The highest BCUT2D eigenvalue weighted by atomic mass is 32.2. The van der Waals surface area contributed by atoms with Crippen LogP contribution in [-0.4, -0.2) is 20.9 Å². The van der Waals surface area contributed by atoms with Gasteiger partial charge in [0.1, 0.15) is 17.5 Å². The smallest absolute Gasteiger partial charge is 0.416 e. The van der Waals surface area contributed by atoms with E-state index < -0.39 is 51.2 Å². The molecule has 0 saturated carbocycles. The van der Waals surface area contributed by atoms with Crippen molar-refractivity contribution in [2.75, 3.05) is 6.67 Å². The molecule has 130 valence electrons. The molecule has 0 spiro atoms. The van der Waals surface area contributed by atoms with Crippen LogP contribution in [0.15, 0.2) is 18.2 Å². The molecule has 1 aromatic carbocycles. The van der Waals surface area contributed by atoms with Crippen LogP contribution in [0.2, 0.25) is 0 Å². The summed E-state index contributed by atoms with van der Waals surface area (Å²) >= 11 is -1.75. The Labute approximate surface area is 133 Å². The summed E-state index contributed by atoms with van der Waals surface area (Å²) in [5.41, 5.74) is -2.35. The first-order valence-electron chi connectivity index (χ1n) is 6.47. The third-order valence-electron chi connectivity index (χ3n) is 2.84. The van der Waals surface area contributed by atoms with Gasteiger partial charge in [-0.3, -0.25) is 10.1 Å². The van der Waals surface area contributed by atoms with Crippen LogP contribution in [-0.2, 0) is 17.5 Å². The number of halogens is 4. The number of non-ortho nitro benzene ring substituents is 1. The van der Waals surface area contributed by atoms with Gasteiger partial charge in [0.15, 0.2) is 0 Å². The second-order valence-corrected chi connectivity index (χ2v) is 7.77. The topological polar surface area (TPSA) is 78.2 Å². The second kappa shape index (κ2) is 7.02. The van der Waals surface area contributed by atoms with E-state index >= 15 is 0 Å². The van der Waals surface area contributed by atoms with E-state index in [-0.39, 0.29) is 5.56 Å². The molecule has 0 aliphatic carbocycles. The Balaban J connectivity index is 3.27. The molecule has 1 N–H and O–H groups in total. The van der Waals surface area contributed by atoms with Crippen LogP contribution in [0.5, 0.6) is 0 Å². The second-order valence-electron chi connectivity index (χ2n) is 5.77. The minimum Gasteiger partial charge on any atom is -0.598 e. The lowest BCUT2D eigenvalue weighted by Gasteiger charge is -2.27. The predicted molar refractivity (Wildman–Crippen MR) is 77.8 cm³/mol. The molecule has 0 aliphatic heterocycles. The van der Waals surface area contributed by atoms with Gasteiger partial charge < -0.3 is 4.55 Å². The van der Waals surface area contributed by atoms with Gasteiger partial charge in [-0.1, -0.05) is 0 Å². The van der Waals surface area contributed by atoms with Gasteiger partial charge >= 0.3 is 6.18 Å². The maximum Gasteiger partial charge on any atom is 0.416 e. The summed E-state index contributed by atoms with van der Waals surface area (Å²) in [5, 5.41) is 10.8. The van der Waals surface area contributed by atoms with Crippen molar-refractivity contribution in [2.24, 2.45) is 0 Å². The summed E-state index contributed by atoms with van der Waals surface area (Å²) in [5.74, 6) is 0. The van der Waals surface area contributed by atoms with Crippen LogP contribution < -0.4 is 4.72 Å². The zero-order chi connectivity index (χ0) is 18.0. The Morgan fingerprint density at radius 3 is 2.22 bits per heavy atom. The van der Waals surface area contributed by atoms with E-state index in [9.17, 15) is 32.2 Å². The van der Waals surface area contributed by atoms with Gasteiger partial charge in [-0.2, -0.15) is 13.2 Å². The van der Waals surface area contributed by atoms with Crippen LogP contribution in [0, 0.1) is 10.1 Å². The number of nitrogens with one attached hydrogen (secondary N) is 1. The lowest BCUT2D eigenvalue weighted by Crippen LogP contribution is -2.41. The van der Waals surface area contributed by atoms with Gasteiger partial charge in [0.2, 0.25) is 0 Å². The van der Waals surface area contributed by atoms with E-state index in [0.717, 1.165) is 6.07 Å². The van der Waals surface area contributed by atoms with Crippen LogP contribution in [0.25, 0.3) is 0 Å². The quantitative estimate of drug-likeness (QED) is 0.378. The number of nitro benzene ring substituents is 1. The van der Waals surface area contributed by atoms with Crippen molar-refractivity contribution in [2.45, 2.75) is 37.7 Å². The maximum atomic E-state index is 13.2. The fraction of sp³-hybridized carbons (Fsp3) is 0.538. The number of benzene rings is 1. The number of nitro groups is 1. The molecule has 1 rings (SSSR count). The average Bonchev–Trinajstić information content (AvgIpc) is 2.41. The molecule has 10 heteroatoms. The first kappa shape index (κ1) is 19.7. The molecule has 0 amide bonds. The van der Waals surface area contributed by atoms with E-state index in [0.29, 0.717) is 12.1 Å². The minimum absolute atomic E-state index is 0.286. The molecular formula is C13H16F4N2O3S. The van der Waals surface area contributed by atoms with Crippen molar-refractivity contribution < 1.29 is 27.0 Å². The minimum atomic E-state index is -4.81. The lowest BCUT2D eigenvalue weighted by atomic mass is 10.0. The van der Waals surface area contributed by atoms with Gasteiger partial charge in [0, 0.05) is 23.5 Å². The molecule has 0 aliphatic rings. The third kappa shape index (κ3) is 5.33. The predicted octanol–water partition coefficient (Wildman–Crippen LogP) is 3.68. The van der Waals surface area contributed by atoms with Gasteiger partial charge in [0.25, 0.3) is 5.69 Å². The van der Waals surface area contributed by atoms with Gasteiger partial charge in [0.05, 0.1) is 10.5 Å². The molecule has 0 heterocycles. The van der Waals surface area contributed by atoms with E-state index in [1.165, 1.54) is 0 Å². The first-order chi connectivity index (χ1) is 10.4. The zero-order valence-corrected chi connectivity index (χ0v) is 13.4. The number of hydrogen-bond acceptors (Lipinski definition) is 4. The zero-order valence-electron chi connectivity index (χ0n) is 12.6. The van der Waals surface area contributed by atoms with Crippen molar-refractivity contribution in [3.8, 4) is 0 Å². The fourth-order valence-electron chi connectivity index (χ4n) is 1.60. The van der Waals surface area contributed by atoms with Crippen molar-refractivity contribution in [1.29, 1.82) is 0 Å². The van der Waals surface area contributed by atoms with Crippen LogP contribution in [0.4, 0.5) is 23.2 Å². The number of alkyl halides is 4. The lowest BCUT2D eigenvalue weighted by molar-refractivity contribution is -0.385. The Morgan fingerprint density at radius 1 is 1.26 bits per heavy atom. The Morgan fingerprint density at radius 2 is 1.83 bits per heavy atom. The molecule has 1 aromatic rings.